The Kier molecular flexibility index (Phi) is 8.10. The van der Waals surface area contributed by atoms with E-state index in [2.05, 4.69) is 15.0 Å². The minimum atomic E-state index is -2.44. The second kappa shape index (κ2) is 11.6. The van der Waals surface area contributed by atoms with Crippen molar-refractivity contribution in [3.8, 4) is 5.75 Å². The topological polar surface area (TPSA) is 99.5 Å². The number of aromatic nitrogens is 2. The summed E-state index contributed by atoms with van der Waals surface area (Å²) in [6, 6.07) is 6.13. The molecule has 1 N–H and O–H groups in total. The molecule has 0 radical (unpaired) electrons. The second-order valence-corrected chi connectivity index (χ2v) is 11.5. The molecule has 1 atom stereocenters. The zero-order valence-electron chi connectivity index (χ0n) is 24.3. The molecule has 8 nitrogen and oxygen atoms in total. The molecule has 0 bridgehead atoms. The number of rotatable bonds is 6. The van der Waals surface area contributed by atoms with E-state index in [0.717, 1.165) is 23.3 Å². The van der Waals surface area contributed by atoms with Gasteiger partial charge < -0.3 is 14.8 Å². The smallest absolute Gasteiger partial charge is 0.346 e. The summed E-state index contributed by atoms with van der Waals surface area (Å²) >= 11 is 0. The summed E-state index contributed by atoms with van der Waals surface area (Å²) in [6.07, 6.45) is 1.15. The van der Waals surface area contributed by atoms with Crippen LogP contribution in [0.3, 0.4) is 0 Å². The van der Waals surface area contributed by atoms with Crippen molar-refractivity contribution in [1.29, 1.82) is 0 Å². The number of fused-ring (bicyclic) bond motifs is 2. The Hall–Kier alpha value is -4.88. The normalized spacial score (nSPS) is 14.4. The molecule has 0 saturated carbocycles. The maximum Gasteiger partial charge on any atom is 0.346 e. The summed E-state index contributed by atoms with van der Waals surface area (Å²) in [5.41, 5.74) is 0.263. The van der Waals surface area contributed by atoms with Crippen LogP contribution in [-0.4, -0.2) is 21.5 Å². The summed E-state index contributed by atoms with van der Waals surface area (Å²) in [6.45, 7) is 6.37. The van der Waals surface area contributed by atoms with Crippen LogP contribution < -0.4 is 15.6 Å². The van der Waals surface area contributed by atoms with Crippen LogP contribution in [0.1, 0.15) is 60.5 Å². The monoisotopic (exact) mass is 633 g/mol. The Morgan fingerprint density at radius 2 is 1.62 bits per heavy atom. The molecule has 3 aromatic carbocycles. The molecule has 4 aromatic rings. The fourth-order valence-corrected chi connectivity index (χ4v) is 4.87. The van der Waals surface area contributed by atoms with Gasteiger partial charge in [-0.1, -0.05) is 0 Å². The van der Waals surface area contributed by atoms with Crippen LogP contribution in [0.15, 0.2) is 35.1 Å². The first-order valence-electron chi connectivity index (χ1n) is 13.6. The van der Waals surface area contributed by atoms with Gasteiger partial charge in [-0.3, -0.25) is 14.2 Å². The SMILES string of the molecule is Cc1nc2cc3c(cc2c(=O)n1COC(=O)C(C)(C)C)C(Nc1ccc(C(=O)Oc2c(F)c(F)c(F)c(F)c2F)c(F)c1)CC3. The van der Waals surface area contributed by atoms with E-state index in [1.54, 1.807) is 39.8 Å². The molecular formula is C31H25F6N3O5. The molecule has 1 unspecified atom stereocenters. The molecule has 5 rings (SSSR count). The predicted octanol–water partition coefficient (Wildman–Crippen LogP) is 6.40. The number of esters is 2. The van der Waals surface area contributed by atoms with Gasteiger partial charge in [-0.2, -0.15) is 8.78 Å². The van der Waals surface area contributed by atoms with Gasteiger partial charge in [0.05, 0.1) is 27.9 Å². The van der Waals surface area contributed by atoms with E-state index in [1.807, 2.05) is 0 Å². The van der Waals surface area contributed by atoms with E-state index in [-0.39, 0.29) is 17.8 Å². The van der Waals surface area contributed by atoms with Crippen LogP contribution >= 0.6 is 0 Å². The first-order valence-corrected chi connectivity index (χ1v) is 13.6. The number of carbonyl (C=O) groups is 2. The van der Waals surface area contributed by atoms with Gasteiger partial charge in [0, 0.05) is 5.69 Å². The van der Waals surface area contributed by atoms with E-state index < -0.39 is 75.2 Å². The Labute approximate surface area is 251 Å². The number of hydrogen-bond donors (Lipinski definition) is 1. The van der Waals surface area contributed by atoms with Crippen LogP contribution in [0.5, 0.6) is 5.75 Å². The quantitative estimate of drug-likeness (QED) is 0.0862. The molecule has 1 aliphatic carbocycles. The zero-order chi connectivity index (χ0) is 33.0. The molecule has 1 aliphatic rings. The van der Waals surface area contributed by atoms with Crippen LogP contribution in [0.4, 0.5) is 32.0 Å². The van der Waals surface area contributed by atoms with Gasteiger partial charge >= 0.3 is 11.9 Å². The van der Waals surface area contributed by atoms with Crippen molar-refractivity contribution < 1.29 is 45.4 Å². The average molecular weight is 634 g/mol. The van der Waals surface area contributed by atoms with Crippen molar-refractivity contribution in [1.82, 2.24) is 9.55 Å². The Bertz CT molecular complexity index is 1920. The summed E-state index contributed by atoms with van der Waals surface area (Å²) in [7, 11) is 0. The average Bonchev–Trinajstić information content (AvgIpc) is 3.36. The van der Waals surface area contributed by atoms with Crippen molar-refractivity contribution in [2.24, 2.45) is 5.41 Å². The summed E-state index contributed by atoms with van der Waals surface area (Å²) in [4.78, 5) is 42.5. The third kappa shape index (κ3) is 5.83. The van der Waals surface area contributed by atoms with Gasteiger partial charge in [0.2, 0.25) is 34.8 Å². The van der Waals surface area contributed by atoms with Gasteiger partial charge in [-0.05, 0) is 82.0 Å². The van der Waals surface area contributed by atoms with Gasteiger partial charge in [-0.15, -0.1) is 0 Å². The largest absolute Gasteiger partial charge is 0.443 e. The first kappa shape index (κ1) is 31.5. The standard InChI is InChI=1S/C31H25F6N3O5/c1-13-38-21-9-14-5-8-20(17(14)11-18(21)28(41)40(13)12-44-30(43)31(2,3)4)39-15-6-7-16(19(32)10-15)29(42)45-27-25(36)23(34)22(33)24(35)26(27)37/h6-7,9-11,20,39H,5,8,12H2,1-4H3. The lowest BCUT2D eigenvalue weighted by Gasteiger charge is -2.19. The highest BCUT2D eigenvalue weighted by molar-refractivity contribution is 5.92. The fourth-order valence-electron chi connectivity index (χ4n) is 4.87. The lowest BCUT2D eigenvalue weighted by atomic mass is 9.98. The number of nitrogens with one attached hydrogen (secondary N) is 1. The van der Waals surface area contributed by atoms with Gasteiger partial charge in [-0.25, -0.2) is 27.3 Å². The van der Waals surface area contributed by atoms with Gasteiger partial charge in [0.25, 0.3) is 5.56 Å². The van der Waals surface area contributed by atoms with Crippen LogP contribution in [0, 0.1) is 47.2 Å². The van der Waals surface area contributed by atoms with E-state index >= 15 is 0 Å². The van der Waals surface area contributed by atoms with E-state index in [0.29, 0.717) is 24.2 Å². The van der Waals surface area contributed by atoms with Crippen LogP contribution in [0.25, 0.3) is 10.9 Å². The van der Waals surface area contributed by atoms with E-state index in [1.165, 1.54) is 10.6 Å². The lowest BCUT2D eigenvalue weighted by molar-refractivity contribution is -0.157. The second-order valence-electron chi connectivity index (χ2n) is 11.5. The minimum absolute atomic E-state index is 0.187. The maximum absolute atomic E-state index is 14.9. The lowest BCUT2D eigenvalue weighted by Crippen LogP contribution is -2.30. The van der Waals surface area contributed by atoms with E-state index in [9.17, 15) is 40.7 Å². The highest BCUT2D eigenvalue weighted by Gasteiger charge is 2.30. The molecule has 236 valence electrons. The Morgan fingerprint density at radius 1 is 0.978 bits per heavy atom. The number of carbonyl (C=O) groups excluding carboxylic acids is 2. The molecule has 0 amide bonds. The van der Waals surface area contributed by atoms with Gasteiger partial charge in [0.15, 0.2) is 6.73 Å². The summed E-state index contributed by atoms with van der Waals surface area (Å²) in [5.74, 6) is -16.7. The predicted molar refractivity (Wildman–Crippen MR) is 149 cm³/mol. The van der Waals surface area contributed by atoms with Gasteiger partial charge in [0.1, 0.15) is 11.6 Å². The van der Waals surface area contributed by atoms with Crippen LogP contribution in [0.2, 0.25) is 0 Å². The molecule has 14 heteroatoms. The van der Waals surface area contributed by atoms with Crippen molar-refractivity contribution in [3.63, 3.8) is 0 Å². The number of halogens is 6. The molecule has 1 aromatic heterocycles. The van der Waals surface area contributed by atoms with Crippen molar-refractivity contribution in [2.45, 2.75) is 53.3 Å². The highest BCUT2D eigenvalue weighted by atomic mass is 19.2. The summed E-state index contributed by atoms with van der Waals surface area (Å²) < 4.78 is 93.9. The number of nitrogens with zero attached hydrogens (tertiary/aromatic N) is 2. The fraction of sp³-hybridized carbons (Fsp3) is 0.290. The molecule has 0 spiro atoms. The minimum Gasteiger partial charge on any atom is -0.443 e. The van der Waals surface area contributed by atoms with Crippen molar-refractivity contribution >= 4 is 28.5 Å². The number of anilines is 1. The Balaban J connectivity index is 1.38. The molecule has 0 aliphatic heterocycles. The molecule has 0 saturated heterocycles. The molecular weight excluding hydrogens is 608 g/mol. The summed E-state index contributed by atoms with van der Waals surface area (Å²) in [5, 5.41) is 3.38. The highest BCUT2D eigenvalue weighted by Crippen LogP contribution is 2.36. The number of aryl methyl sites for hydroxylation is 2. The third-order valence-corrected chi connectivity index (χ3v) is 7.32. The molecule has 1 heterocycles. The van der Waals surface area contributed by atoms with Crippen molar-refractivity contribution in [2.75, 3.05) is 5.32 Å². The Morgan fingerprint density at radius 3 is 2.24 bits per heavy atom. The number of benzene rings is 3. The maximum atomic E-state index is 14.9. The number of hydrogen-bond acceptors (Lipinski definition) is 7. The third-order valence-electron chi connectivity index (χ3n) is 7.32. The number of ether oxygens (including phenoxy) is 2. The first-order chi connectivity index (χ1) is 21.1. The molecule has 0 fully saturated rings. The van der Waals surface area contributed by atoms with Crippen molar-refractivity contribution in [3.05, 3.63) is 98.1 Å². The molecule has 45 heavy (non-hydrogen) atoms. The van der Waals surface area contributed by atoms with Crippen LogP contribution in [-0.2, 0) is 22.7 Å². The zero-order valence-corrected chi connectivity index (χ0v) is 24.3. The van der Waals surface area contributed by atoms with E-state index in [4.69, 9.17) is 4.74 Å².